The van der Waals surface area contributed by atoms with E-state index in [2.05, 4.69) is 29.6 Å². The van der Waals surface area contributed by atoms with Crippen LogP contribution in [0.15, 0.2) is 28.8 Å². The average molecular weight is 341 g/mol. The SMILES string of the molecule is CCc1noc(CC)c1-c1c(C(O)C(C)(C)N)c2ccccc2n1C. The van der Waals surface area contributed by atoms with E-state index in [1.54, 1.807) is 0 Å². The highest BCUT2D eigenvalue weighted by Crippen LogP contribution is 2.42. The smallest absolute Gasteiger partial charge is 0.146 e. The van der Waals surface area contributed by atoms with Crippen molar-refractivity contribution in [1.29, 1.82) is 0 Å². The molecule has 5 nitrogen and oxygen atoms in total. The van der Waals surface area contributed by atoms with Gasteiger partial charge in [-0.05, 0) is 26.3 Å². The second kappa shape index (κ2) is 6.32. The van der Waals surface area contributed by atoms with E-state index >= 15 is 0 Å². The fourth-order valence-corrected chi connectivity index (χ4v) is 3.49. The van der Waals surface area contributed by atoms with Crippen LogP contribution in [0, 0.1) is 0 Å². The van der Waals surface area contributed by atoms with E-state index in [4.69, 9.17) is 10.3 Å². The van der Waals surface area contributed by atoms with Gasteiger partial charge in [0.1, 0.15) is 5.76 Å². The summed E-state index contributed by atoms with van der Waals surface area (Å²) in [7, 11) is 2.02. The Bertz CT molecular complexity index is 878. The molecule has 0 amide bonds. The molecule has 0 spiro atoms. The number of aliphatic hydroxyl groups is 1. The second-order valence-electron chi connectivity index (χ2n) is 7.20. The Morgan fingerprint density at radius 1 is 1.24 bits per heavy atom. The lowest BCUT2D eigenvalue weighted by Gasteiger charge is -2.27. The van der Waals surface area contributed by atoms with Gasteiger partial charge in [0, 0.05) is 35.5 Å². The van der Waals surface area contributed by atoms with Crippen LogP contribution in [0.4, 0.5) is 0 Å². The Labute approximate surface area is 148 Å². The lowest BCUT2D eigenvalue weighted by atomic mass is 9.88. The van der Waals surface area contributed by atoms with Crippen LogP contribution >= 0.6 is 0 Å². The maximum absolute atomic E-state index is 11.1. The van der Waals surface area contributed by atoms with E-state index in [9.17, 15) is 5.11 Å². The van der Waals surface area contributed by atoms with E-state index < -0.39 is 11.6 Å². The van der Waals surface area contributed by atoms with E-state index in [1.165, 1.54) is 0 Å². The summed E-state index contributed by atoms with van der Waals surface area (Å²) < 4.78 is 7.70. The molecule has 0 aliphatic rings. The Balaban J connectivity index is 2.43. The third-order valence-corrected chi connectivity index (χ3v) is 4.85. The number of aromatic nitrogens is 2. The molecule has 0 radical (unpaired) electrons. The molecule has 0 saturated heterocycles. The number of hydrogen-bond donors (Lipinski definition) is 2. The molecule has 0 aliphatic heterocycles. The lowest BCUT2D eigenvalue weighted by molar-refractivity contribution is 0.106. The quantitative estimate of drug-likeness (QED) is 0.741. The van der Waals surface area contributed by atoms with Crippen LogP contribution in [0.3, 0.4) is 0 Å². The van der Waals surface area contributed by atoms with Crippen molar-refractivity contribution in [2.45, 2.75) is 52.2 Å². The topological polar surface area (TPSA) is 77.2 Å². The molecule has 2 aromatic heterocycles. The molecule has 1 aromatic carbocycles. The minimum absolute atomic E-state index is 0.741. The largest absolute Gasteiger partial charge is 0.386 e. The molecule has 134 valence electrons. The molecule has 3 N–H and O–H groups in total. The summed E-state index contributed by atoms with van der Waals surface area (Å²) in [5, 5.41) is 16.4. The number of fused-ring (bicyclic) bond motifs is 1. The molecule has 0 aliphatic carbocycles. The molecular weight excluding hydrogens is 314 g/mol. The number of benzene rings is 1. The van der Waals surface area contributed by atoms with Crippen LogP contribution in [0.25, 0.3) is 22.2 Å². The molecule has 3 rings (SSSR count). The number of nitrogens with zero attached hydrogens (tertiary/aromatic N) is 2. The van der Waals surface area contributed by atoms with Crippen molar-refractivity contribution in [1.82, 2.24) is 9.72 Å². The fraction of sp³-hybridized carbons (Fsp3) is 0.450. The fourth-order valence-electron chi connectivity index (χ4n) is 3.49. The van der Waals surface area contributed by atoms with Gasteiger partial charge < -0.3 is 19.9 Å². The first kappa shape index (κ1) is 17.7. The zero-order valence-electron chi connectivity index (χ0n) is 15.6. The van der Waals surface area contributed by atoms with Crippen LogP contribution in [-0.2, 0) is 19.9 Å². The number of para-hydroxylation sites is 1. The number of aryl methyl sites for hydroxylation is 3. The van der Waals surface area contributed by atoms with Gasteiger partial charge in [-0.2, -0.15) is 0 Å². The maximum Gasteiger partial charge on any atom is 0.146 e. The van der Waals surface area contributed by atoms with Crippen LogP contribution in [0.2, 0.25) is 0 Å². The second-order valence-corrected chi connectivity index (χ2v) is 7.20. The maximum atomic E-state index is 11.1. The van der Waals surface area contributed by atoms with Crippen LogP contribution in [0.5, 0.6) is 0 Å². The molecule has 0 saturated carbocycles. The summed E-state index contributed by atoms with van der Waals surface area (Å²) >= 11 is 0. The van der Waals surface area contributed by atoms with Crippen molar-refractivity contribution in [2.24, 2.45) is 12.8 Å². The molecule has 2 heterocycles. The minimum Gasteiger partial charge on any atom is -0.386 e. The Hall–Kier alpha value is -2.11. The van der Waals surface area contributed by atoms with Gasteiger partial charge in [0.2, 0.25) is 0 Å². The molecule has 1 unspecified atom stereocenters. The summed E-state index contributed by atoms with van der Waals surface area (Å²) in [5.74, 6) is 0.839. The van der Waals surface area contributed by atoms with E-state index in [0.29, 0.717) is 0 Å². The van der Waals surface area contributed by atoms with Crippen LogP contribution in [-0.4, -0.2) is 20.4 Å². The van der Waals surface area contributed by atoms with Crippen molar-refractivity contribution in [3.63, 3.8) is 0 Å². The van der Waals surface area contributed by atoms with Crippen molar-refractivity contribution in [2.75, 3.05) is 0 Å². The molecular formula is C20H27N3O2. The first-order valence-electron chi connectivity index (χ1n) is 8.83. The van der Waals surface area contributed by atoms with E-state index in [1.807, 2.05) is 39.1 Å². The Morgan fingerprint density at radius 3 is 2.52 bits per heavy atom. The zero-order chi connectivity index (χ0) is 18.4. The van der Waals surface area contributed by atoms with Crippen molar-refractivity contribution in [3.8, 4) is 11.3 Å². The zero-order valence-corrected chi connectivity index (χ0v) is 15.6. The monoisotopic (exact) mass is 341 g/mol. The minimum atomic E-state index is -0.807. The Morgan fingerprint density at radius 2 is 1.92 bits per heavy atom. The third-order valence-electron chi connectivity index (χ3n) is 4.85. The molecule has 25 heavy (non-hydrogen) atoms. The summed E-state index contributed by atoms with van der Waals surface area (Å²) in [5.41, 5.74) is 10.3. The molecule has 3 aromatic rings. The molecule has 1 atom stereocenters. The predicted molar refractivity (Wildman–Crippen MR) is 100 cm³/mol. The van der Waals surface area contributed by atoms with Crippen LogP contribution in [0.1, 0.15) is 50.8 Å². The highest BCUT2D eigenvalue weighted by atomic mass is 16.5. The first-order chi connectivity index (χ1) is 11.8. The molecule has 0 bridgehead atoms. The summed E-state index contributed by atoms with van der Waals surface area (Å²) in [6, 6.07) is 8.09. The summed E-state index contributed by atoms with van der Waals surface area (Å²) in [4.78, 5) is 0. The van der Waals surface area contributed by atoms with Gasteiger partial charge >= 0.3 is 0 Å². The van der Waals surface area contributed by atoms with Gasteiger partial charge in [-0.25, -0.2) is 0 Å². The predicted octanol–water partition coefficient (Wildman–Crippen LogP) is 3.73. The van der Waals surface area contributed by atoms with Gasteiger partial charge in [-0.15, -0.1) is 0 Å². The first-order valence-corrected chi connectivity index (χ1v) is 8.83. The van der Waals surface area contributed by atoms with Gasteiger partial charge in [-0.1, -0.05) is 37.2 Å². The lowest BCUT2D eigenvalue weighted by Crippen LogP contribution is -2.39. The number of hydrogen-bond acceptors (Lipinski definition) is 4. The molecule has 0 fully saturated rings. The number of rotatable bonds is 5. The van der Waals surface area contributed by atoms with Crippen LogP contribution < -0.4 is 5.73 Å². The number of nitrogens with two attached hydrogens (primary N) is 1. The van der Waals surface area contributed by atoms with Gasteiger partial charge in [0.25, 0.3) is 0 Å². The average Bonchev–Trinajstić information content (AvgIpc) is 3.11. The van der Waals surface area contributed by atoms with Crippen molar-refractivity contribution < 1.29 is 9.63 Å². The van der Waals surface area contributed by atoms with Gasteiger partial charge in [-0.3, -0.25) is 0 Å². The van der Waals surface area contributed by atoms with Gasteiger partial charge in [0.05, 0.1) is 23.1 Å². The van der Waals surface area contributed by atoms with E-state index in [-0.39, 0.29) is 0 Å². The molecule has 5 heteroatoms. The summed E-state index contributed by atoms with van der Waals surface area (Å²) in [6.45, 7) is 7.80. The van der Waals surface area contributed by atoms with Crippen molar-refractivity contribution >= 4 is 10.9 Å². The highest BCUT2D eigenvalue weighted by Gasteiger charge is 2.33. The standard InChI is InChI=1S/C20H27N3O2/c1-6-13-17(15(7-2)25-22-13)18-16(19(24)20(3,4)21)12-10-8-9-11-14(12)23(18)5/h8-11,19,24H,6-7,21H2,1-5H3. The number of aliphatic hydroxyl groups excluding tert-OH is 1. The van der Waals surface area contributed by atoms with Gasteiger partial charge in [0.15, 0.2) is 0 Å². The summed E-state index contributed by atoms with van der Waals surface area (Å²) in [6.07, 6.45) is 0.700. The normalized spacial score (nSPS) is 13.6. The Kier molecular flexibility index (Phi) is 4.47. The van der Waals surface area contributed by atoms with Crippen molar-refractivity contribution in [3.05, 3.63) is 41.3 Å². The highest BCUT2D eigenvalue weighted by molar-refractivity contribution is 5.93. The van der Waals surface area contributed by atoms with E-state index in [0.717, 1.165) is 52.0 Å². The third kappa shape index (κ3) is 2.77.